The van der Waals surface area contributed by atoms with Gasteiger partial charge in [0.15, 0.2) is 36.6 Å². The van der Waals surface area contributed by atoms with Crippen LogP contribution in [0, 0.1) is 0 Å². The van der Waals surface area contributed by atoms with Crippen LogP contribution in [-0.2, 0) is 66.7 Å². The molecule has 0 aliphatic heterocycles. The summed E-state index contributed by atoms with van der Waals surface area (Å²) >= 11 is 0. The molecule has 0 fully saturated rings. The van der Waals surface area contributed by atoms with Crippen LogP contribution in [0.4, 0.5) is 0 Å². The minimum atomic E-state index is -1.47. The quantitative estimate of drug-likeness (QED) is 0.117. The van der Waals surface area contributed by atoms with Gasteiger partial charge in [-0.25, -0.2) is 33.6 Å². The molecule has 6 atom stereocenters. The summed E-state index contributed by atoms with van der Waals surface area (Å²) in [6.07, 6.45) is -8.12. The fourth-order valence-corrected chi connectivity index (χ4v) is 3.23. The van der Waals surface area contributed by atoms with E-state index >= 15 is 0 Å². The van der Waals surface area contributed by atoms with Crippen LogP contribution in [0.2, 0.25) is 0 Å². The van der Waals surface area contributed by atoms with Crippen LogP contribution in [0.3, 0.4) is 0 Å². The molecule has 0 aliphatic carbocycles. The topological polar surface area (TPSA) is 184 Å². The molecule has 0 aliphatic rings. The highest BCUT2D eigenvalue weighted by Gasteiger charge is 2.36. The Hall–Kier alpha value is -3.97. The van der Waals surface area contributed by atoms with Gasteiger partial charge in [-0.3, -0.25) is 0 Å². The van der Waals surface area contributed by atoms with E-state index in [1.54, 1.807) is 20.8 Å². The molecule has 0 spiro atoms. The Morgan fingerprint density at radius 2 is 0.651 bits per heavy atom. The molecule has 0 saturated carbocycles. The van der Waals surface area contributed by atoms with Gasteiger partial charge in [0, 0.05) is 5.57 Å². The molecule has 0 aromatic carbocycles. The normalized spacial score (nSPS) is 14.8. The number of carbonyl (C=O) groups is 7. The van der Waals surface area contributed by atoms with E-state index in [2.05, 4.69) is 11.3 Å². The van der Waals surface area contributed by atoms with Crippen LogP contribution in [0.1, 0.15) is 87.0 Å². The molecular formula is C29H44O14. The third-order valence-corrected chi connectivity index (χ3v) is 5.89. The van der Waals surface area contributed by atoms with E-state index in [1.807, 2.05) is 0 Å². The molecule has 0 radical (unpaired) electrons. The maximum Gasteiger partial charge on any atom is 0.348 e. The Kier molecular flexibility index (Phi) is 18.2. The van der Waals surface area contributed by atoms with E-state index < -0.39 is 78.4 Å². The van der Waals surface area contributed by atoms with Crippen molar-refractivity contribution in [3.05, 3.63) is 12.2 Å². The molecule has 0 amide bonds. The van der Waals surface area contributed by atoms with Gasteiger partial charge in [-0.2, -0.15) is 0 Å². The van der Waals surface area contributed by atoms with Gasteiger partial charge in [0.2, 0.25) is 0 Å². The number of rotatable bonds is 19. The molecule has 0 N–H and O–H groups in total. The average molecular weight is 617 g/mol. The summed E-state index contributed by atoms with van der Waals surface area (Å²) in [5, 5.41) is 0. The summed E-state index contributed by atoms with van der Waals surface area (Å²) in [5.41, 5.74) is 0.0742. The van der Waals surface area contributed by atoms with Gasteiger partial charge in [-0.15, -0.1) is 0 Å². The first-order valence-corrected chi connectivity index (χ1v) is 14.2. The monoisotopic (exact) mass is 616 g/mol. The van der Waals surface area contributed by atoms with E-state index in [4.69, 9.17) is 28.4 Å². The Morgan fingerprint density at radius 3 is 0.837 bits per heavy atom. The lowest BCUT2D eigenvalue weighted by Gasteiger charge is -2.24. The summed E-state index contributed by atoms with van der Waals surface area (Å²) in [7, 11) is 1.14. The fourth-order valence-electron chi connectivity index (χ4n) is 3.23. The Morgan fingerprint density at radius 1 is 0.442 bits per heavy atom. The lowest BCUT2D eigenvalue weighted by molar-refractivity contribution is -0.190. The highest BCUT2D eigenvalue weighted by atomic mass is 16.7. The van der Waals surface area contributed by atoms with Gasteiger partial charge in [-0.1, -0.05) is 48.1 Å². The van der Waals surface area contributed by atoms with Crippen molar-refractivity contribution >= 4 is 41.8 Å². The van der Waals surface area contributed by atoms with Crippen molar-refractivity contribution in [1.82, 2.24) is 0 Å². The summed E-state index contributed by atoms with van der Waals surface area (Å²) in [5.74, 6) is -6.71. The van der Waals surface area contributed by atoms with Crippen molar-refractivity contribution in [3.8, 4) is 0 Å². The molecule has 0 aromatic heterocycles. The summed E-state index contributed by atoms with van der Waals surface area (Å²) in [6.45, 7) is 14.1. The summed E-state index contributed by atoms with van der Waals surface area (Å²) < 4.78 is 35.5. The summed E-state index contributed by atoms with van der Waals surface area (Å²) in [6, 6.07) is 0. The van der Waals surface area contributed by atoms with Crippen molar-refractivity contribution in [1.29, 1.82) is 0 Å². The molecule has 43 heavy (non-hydrogen) atoms. The minimum absolute atomic E-state index is 0.00414. The number of ether oxygens (including phenoxy) is 7. The molecule has 14 nitrogen and oxygen atoms in total. The lowest BCUT2D eigenvalue weighted by atomic mass is 10.2. The lowest BCUT2D eigenvalue weighted by Crippen LogP contribution is -2.41. The first-order valence-electron chi connectivity index (χ1n) is 14.2. The second-order valence-corrected chi connectivity index (χ2v) is 9.27. The third kappa shape index (κ3) is 12.8. The van der Waals surface area contributed by atoms with E-state index in [1.165, 1.54) is 27.7 Å². The van der Waals surface area contributed by atoms with Crippen LogP contribution in [-0.4, -0.2) is 85.5 Å². The second-order valence-electron chi connectivity index (χ2n) is 9.27. The zero-order valence-electron chi connectivity index (χ0n) is 26.1. The van der Waals surface area contributed by atoms with Crippen LogP contribution in [0.25, 0.3) is 0 Å². The first-order chi connectivity index (χ1) is 20.2. The molecule has 0 rings (SSSR count). The zero-order valence-corrected chi connectivity index (χ0v) is 26.1. The predicted molar refractivity (Wildman–Crippen MR) is 148 cm³/mol. The van der Waals surface area contributed by atoms with Crippen molar-refractivity contribution in [3.63, 3.8) is 0 Å². The Balaban J connectivity index is 5.36. The highest BCUT2D eigenvalue weighted by Crippen LogP contribution is 2.15. The third-order valence-electron chi connectivity index (χ3n) is 5.89. The zero-order chi connectivity index (χ0) is 33.3. The Bertz CT molecular complexity index is 1000. The van der Waals surface area contributed by atoms with E-state index in [0.29, 0.717) is 0 Å². The number of carbonyl (C=O) groups excluding carboxylic acids is 7. The molecule has 14 heteroatoms. The number of methoxy groups -OCH3 is 1. The van der Waals surface area contributed by atoms with Gasteiger partial charge in [-0.05, 0) is 45.4 Å². The summed E-state index contributed by atoms with van der Waals surface area (Å²) in [4.78, 5) is 86.8. The van der Waals surface area contributed by atoms with Gasteiger partial charge >= 0.3 is 41.8 Å². The Labute approximate surface area is 251 Å². The van der Waals surface area contributed by atoms with Crippen LogP contribution in [0.5, 0.6) is 0 Å². The van der Waals surface area contributed by atoms with E-state index in [-0.39, 0.29) is 44.1 Å². The molecule has 6 unspecified atom stereocenters. The second kappa shape index (κ2) is 20.0. The average Bonchev–Trinajstić information content (AvgIpc) is 2.99. The number of hydrogen-bond donors (Lipinski definition) is 0. The molecule has 0 aromatic rings. The van der Waals surface area contributed by atoms with Crippen molar-refractivity contribution in [2.24, 2.45) is 0 Å². The smallest absolute Gasteiger partial charge is 0.348 e. The van der Waals surface area contributed by atoms with Crippen molar-refractivity contribution in [2.45, 2.75) is 124 Å². The fraction of sp³-hybridized carbons (Fsp3) is 0.690. The molecule has 0 bridgehead atoms. The highest BCUT2D eigenvalue weighted by molar-refractivity contribution is 5.90. The SMILES string of the molecule is C=C(C)C(=O)OC(CC)C(=O)OC(CC)C(=O)OC(CC)C(=O)OC(CC)C(=O)OC(CC)C(=O)OC(CC)C(=O)OC. The van der Waals surface area contributed by atoms with Crippen LogP contribution in [0.15, 0.2) is 12.2 Å². The van der Waals surface area contributed by atoms with Crippen LogP contribution >= 0.6 is 0 Å². The largest absolute Gasteiger partial charge is 0.466 e. The van der Waals surface area contributed by atoms with Gasteiger partial charge in [0.25, 0.3) is 0 Å². The van der Waals surface area contributed by atoms with Crippen molar-refractivity contribution in [2.75, 3.05) is 7.11 Å². The first kappa shape index (κ1) is 39.0. The molecule has 244 valence electrons. The van der Waals surface area contributed by atoms with Crippen molar-refractivity contribution < 1.29 is 66.7 Å². The van der Waals surface area contributed by atoms with Gasteiger partial charge in [0.1, 0.15) is 0 Å². The molecule has 0 saturated heterocycles. The van der Waals surface area contributed by atoms with E-state index in [9.17, 15) is 33.6 Å². The van der Waals surface area contributed by atoms with Crippen LogP contribution < -0.4 is 0 Å². The maximum absolute atomic E-state index is 12.8. The molecular weight excluding hydrogens is 572 g/mol. The minimum Gasteiger partial charge on any atom is -0.466 e. The molecule has 0 heterocycles. The predicted octanol–water partition coefficient (Wildman–Crippen LogP) is 2.67. The maximum atomic E-state index is 12.8. The number of esters is 7. The van der Waals surface area contributed by atoms with Gasteiger partial charge in [0.05, 0.1) is 7.11 Å². The van der Waals surface area contributed by atoms with Gasteiger partial charge < -0.3 is 33.2 Å². The number of hydrogen-bond acceptors (Lipinski definition) is 14. The van der Waals surface area contributed by atoms with E-state index in [0.717, 1.165) is 7.11 Å². The standard InChI is InChI=1S/C29H44O14/c1-10-17(24(31)37-9)39-26(33)19(12-3)41-28(35)21(14-5)43-29(36)22(15-6)42-27(34)20(13-4)40-25(32)18(11-2)38-23(30)16(7)8/h17-22H,7,10-15H2,1-6,8-9H3.